The molecule has 0 aliphatic heterocycles. The van der Waals surface area contributed by atoms with Crippen molar-refractivity contribution in [1.82, 2.24) is 15.1 Å². The van der Waals surface area contributed by atoms with Gasteiger partial charge in [0, 0.05) is 17.6 Å². The predicted octanol–water partition coefficient (Wildman–Crippen LogP) is -0.224. The minimum absolute atomic E-state index is 0.257. The van der Waals surface area contributed by atoms with Crippen LogP contribution in [0.5, 0.6) is 0 Å². The van der Waals surface area contributed by atoms with Crippen LogP contribution in [0.25, 0.3) is 0 Å². The lowest BCUT2D eigenvalue weighted by molar-refractivity contribution is -0.0411. The van der Waals surface area contributed by atoms with Gasteiger partial charge in [0.2, 0.25) is 0 Å². The van der Waals surface area contributed by atoms with Gasteiger partial charge >= 0.3 is 6.03 Å². The lowest BCUT2D eigenvalue weighted by Gasteiger charge is -2.13. The zero-order valence-electron chi connectivity index (χ0n) is 7.06. The van der Waals surface area contributed by atoms with E-state index in [9.17, 15) is 4.79 Å². The van der Waals surface area contributed by atoms with Crippen LogP contribution in [0.4, 0.5) is 4.79 Å². The minimum atomic E-state index is -0.576. The standard InChI is InChI=1S/C5H14N4O2S2/c6-4-7-2-1-3-9(11)5(10)8-13-12/h7,11-12H,1-4,6H2,(H,8,10). The third-order valence-corrected chi connectivity index (χ3v) is 1.77. The Kier molecular flexibility index (Phi) is 8.35. The Morgan fingerprint density at radius 2 is 2.38 bits per heavy atom. The van der Waals surface area contributed by atoms with E-state index in [1.54, 1.807) is 0 Å². The average molecular weight is 226 g/mol. The highest BCUT2D eigenvalue weighted by molar-refractivity contribution is 8.68. The topological polar surface area (TPSA) is 90.6 Å². The summed E-state index contributed by atoms with van der Waals surface area (Å²) in [5, 5.41) is 12.5. The van der Waals surface area contributed by atoms with Crippen LogP contribution < -0.4 is 15.8 Å². The number of hydrogen-bond donors (Lipinski definition) is 5. The average Bonchev–Trinajstić information content (AvgIpc) is 2.12. The number of hydrogen-bond acceptors (Lipinski definition) is 6. The van der Waals surface area contributed by atoms with Crippen molar-refractivity contribution in [3.8, 4) is 0 Å². The van der Waals surface area contributed by atoms with Crippen LogP contribution in [0.1, 0.15) is 6.42 Å². The zero-order valence-corrected chi connectivity index (χ0v) is 8.77. The molecule has 0 unspecified atom stereocenters. The van der Waals surface area contributed by atoms with Crippen molar-refractivity contribution < 1.29 is 10.0 Å². The van der Waals surface area contributed by atoms with Crippen LogP contribution in [-0.2, 0) is 0 Å². The van der Waals surface area contributed by atoms with Crippen molar-refractivity contribution in [1.29, 1.82) is 0 Å². The summed E-state index contributed by atoms with van der Waals surface area (Å²) in [5.74, 6) is 0. The van der Waals surface area contributed by atoms with Crippen molar-refractivity contribution in [2.45, 2.75) is 6.42 Å². The molecule has 0 atom stereocenters. The first-order valence-electron chi connectivity index (χ1n) is 3.70. The number of amides is 2. The summed E-state index contributed by atoms with van der Waals surface area (Å²) in [7, 11) is 0.839. The van der Waals surface area contributed by atoms with Gasteiger partial charge in [-0.05, 0) is 13.0 Å². The van der Waals surface area contributed by atoms with Crippen molar-refractivity contribution in [2.24, 2.45) is 5.73 Å². The molecule has 5 N–H and O–H groups in total. The van der Waals surface area contributed by atoms with Gasteiger partial charge in [0.25, 0.3) is 0 Å². The van der Waals surface area contributed by atoms with Gasteiger partial charge in [0.05, 0.1) is 6.54 Å². The Morgan fingerprint density at radius 3 is 2.92 bits per heavy atom. The fourth-order valence-corrected chi connectivity index (χ4v) is 1.07. The lowest BCUT2D eigenvalue weighted by atomic mass is 10.4. The second-order valence-corrected chi connectivity index (χ2v) is 3.11. The van der Waals surface area contributed by atoms with Crippen LogP contribution in [0.2, 0.25) is 0 Å². The molecule has 0 aromatic carbocycles. The molecular formula is C5H14N4O2S2. The van der Waals surface area contributed by atoms with E-state index < -0.39 is 6.03 Å². The molecule has 0 radical (unpaired) electrons. The van der Waals surface area contributed by atoms with Crippen LogP contribution in [-0.4, -0.2) is 36.1 Å². The zero-order chi connectivity index (χ0) is 10.1. The van der Waals surface area contributed by atoms with E-state index in [1.807, 2.05) is 0 Å². The molecule has 0 heterocycles. The summed E-state index contributed by atoms with van der Waals surface area (Å²) >= 11 is 3.70. The van der Waals surface area contributed by atoms with Gasteiger partial charge < -0.3 is 11.1 Å². The molecule has 0 aliphatic rings. The van der Waals surface area contributed by atoms with E-state index in [0.29, 0.717) is 24.7 Å². The maximum Gasteiger partial charge on any atom is 0.351 e. The van der Waals surface area contributed by atoms with E-state index in [-0.39, 0.29) is 6.54 Å². The second-order valence-electron chi connectivity index (χ2n) is 2.18. The number of thiol groups is 1. The summed E-state index contributed by atoms with van der Waals surface area (Å²) in [4.78, 5) is 10.9. The van der Waals surface area contributed by atoms with Crippen LogP contribution in [0.15, 0.2) is 0 Å². The molecule has 78 valence electrons. The Bertz CT molecular complexity index is 148. The summed E-state index contributed by atoms with van der Waals surface area (Å²) in [6.07, 6.45) is 0.637. The molecule has 0 saturated carbocycles. The molecule has 6 nitrogen and oxygen atoms in total. The van der Waals surface area contributed by atoms with E-state index in [4.69, 9.17) is 10.9 Å². The van der Waals surface area contributed by atoms with Gasteiger partial charge in [-0.25, -0.2) is 9.86 Å². The fourth-order valence-electron chi connectivity index (χ4n) is 0.649. The molecule has 0 aliphatic carbocycles. The number of carbonyl (C=O) groups excluding carboxylic acids is 1. The highest BCUT2D eigenvalue weighted by Crippen LogP contribution is 1.98. The number of rotatable bonds is 6. The van der Waals surface area contributed by atoms with E-state index in [0.717, 1.165) is 11.0 Å². The van der Waals surface area contributed by atoms with Gasteiger partial charge in [0.1, 0.15) is 0 Å². The molecule has 0 fully saturated rings. The number of nitrogens with one attached hydrogen (secondary N) is 2. The van der Waals surface area contributed by atoms with Gasteiger partial charge in [0.15, 0.2) is 0 Å². The molecule has 13 heavy (non-hydrogen) atoms. The fraction of sp³-hybridized carbons (Fsp3) is 0.800. The molecular weight excluding hydrogens is 212 g/mol. The SMILES string of the molecule is NCNCCCN(O)C(=O)NSS. The monoisotopic (exact) mass is 226 g/mol. The highest BCUT2D eigenvalue weighted by atomic mass is 33.1. The smallest absolute Gasteiger partial charge is 0.318 e. The van der Waals surface area contributed by atoms with Gasteiger partial charge in [-0.2, -0.15) is 0 Å². The number of urea groups is 1. The Morgan fingerprint density at radius 1 is 1.69 bits per heavy atom. The first kappa shape index (κ1) is 12.8. The third kappa shape index (κ3) is 6.96. The van der Waals surface area contributed by atoms with Gasteiger partial charge in [-0.1, -0.05) is 11.7 Å². The largest absolute Gasteiger partial charge is 0.351 e. The van der Waals surface area contributed by atoms with E-state index in [2.05, 4.69) is 21.7 Å². The second kappa shape index (κ2) is 8.45. The number of carbonyl (C=O) groups is 1. The number of nitrogens with two attached hydrogens (primary N) is 1. The van der Waals surface area contributed by atoms with Crippen molar-refractivity contribution in [3.63, 3.8) is 0 Å². The Labute approximate surface area is 86.1 Å². The number of hydroxylamine groups is 2. The molecule has 0 rings (SSSR count). The summed E-state index contributed by atoms with van der Waals surface area (Å²) in [6.45, 7) is 1.31. The maximum absolute atomic E-state index is 10.9. The summed E-state index contributed by atoms with van der Waals surface area (Å²) in [5.41, 5.74) is 5.17. The van der Waals surface area contributed by atoms with Gasteiger partial charge in [-0.15, -0.1) is 0 Å². The first-order chi connectivity index (χ1) is 6.22. The van der Waals surface area contributed by atoms with Crippen molar-refractivity contribution in [2.75, 3.05) is 19.8 Å². The third-order valence-electron chi connectivity index (χ3n) is 1.24. The van der Waals surface area contributed by atoms with Crippen LogP contribution in [0, 0.1) is 0 Å². The molecule has 0 aromatic rings. The van der Waals surface area contributed by atoms with E-state index >= 15 is 0 Å². The quantitative estimate of drug-likeness (QED) is 0.0821. The van der Waals surface area contributed by atoms with E-state index in [1.165, 1.54) is 0 Å². The first-order valence-corrected chi connectivity index (χ1v) is 5.56. The van der Waals surface area contributed by atoms with Crippen LogP contribution >= 0.6 is 22.6 Å². The lowest BCUT2D eigenvalue weighted by Crippen LogP contribution is -2.36. The van der Waals surface area contributed by atoms with Crippen molar-refractivity contribution in [3.05, 3.63) is 0 Å². The van der Waals surface area contributed by atoms with Gasteiger partial charge in [-0.3, -0.25) is 9.93 Å². The predicted molar refractivity (Wildman–Crippen MR) is 55.3 cm³/mol. The Balaban J connectivity index is 3.38. The number of nitrogens with zero attached hydrogens (tertiary/aromatic N) is 1. The molecule has 0 aromatic heterocycles. The molecule has 0 spiro atoms. The maximum atomic E-state index is 10.9. The highest BCUT2D eigenvalue weighted by Gasteiger charge is 2.08. The molecule has 8 heteroatoms. The molecule has 0 bridgehead atoms. The minimum Gasteiger partial charge on any atom is -0.318 e. The summed E-state index contributed by atoms with van der Waals surface area (Å²) < 4.78 is 2.26. The molecule has 0 saturated heterocycles. The Hall–Kier alpha value is -0.150. The van der Waals surface area contributed by atoms with Crippen LogP contribution in [0.3, 0.4) is 0 Å². The normalized spacial score (nSPS) is 9.77. The molecule has 2 amide bonds. The summed E-state index contributed by atoms with van der Waals surface area (Å²) in [6, 6.07) is -0.576. The van der Waals surface area contributed by atoms with Crippen molar-refractivity contribution >= 4 is 28.7 Å².